The van der Waals surface area contributed by atoms with Gasteiger partial charge in [-0.1, -0.05) is 26.0 Å². The van der Waals surface area contributed by atoms with Crippen LogP contribution in [0.25, 0.3) is 10.9 Å². The third kappa shape index (κ3) is 4.16. The molecule has 1 amide bonds. The van der Waals surface area contributed by atoms with E-state index in [1.165, 1.54) is 10.9 Å². The van der Waals surface area contributed by atoms with Crippen molar-refractivity contribution in [2.24, 2.45) is 0 Å². The first kappa shape index (κ1) is 17.1. The van der Waals surface area contributed by atoms with Crippen molar-refractivity contribution in [3.8, 4) is 0 Å². The van der Waals surface area contributed by atoms with Crippen molar-refractivity contribution in [2.45, 2.75) is 45.3 Å². The van der Waals surface area contributed by atoms with E-state index in [0.29, 0.717) is 23.7 Å². The Labute approximate surface area is 135 Å². The molecular weight excluding hydrogens is 294 g/mol. The van der Waals surface area contributed by atoms with Crippen LogP contribution in [0.5, 0.6) is 0 Å². The fraction of sp³-hybridized carbons (Fsp3) is 0.471. The fourth-order valence-electron chi connectivity index (χ4n) is 2.34. The van der Waals surface area contributed by atoms with Gasteiger partial charge < -0.3 is 10.4 Å². The third-order valence-corrected chi connectivity index (χ3v) is 4.24. The van der Waals surface area contributed by atoms with Gasteiger partial charge in [0.25, 0.3) is 5.56 Å². The molecule has 0 unspecified atom stereocenters. The molecule has 0 bridgehead atoms. The first-order valence-electron chi connectivity index (χ1n) is 7.92. The van der Waals surface area contributed by atoms with Gasteiger partial charge in [0, 0.05) is 19.5 Å². The van der Waals surface area contributed by atoms with Crippen LogP contribution in [-0.4, -0.2) is 32.7 Å². The van der Waals surface area contributed by atoms with E-state index in [1.807, 2.05) is 19.9 Å². The number of para-hydroxylation sites is 1. The van der Waals surface area contributed by atoms with Gasteiger partial charge in [-0.25, -0.2) is 4.98 Å². The van der Waals surface area contributed by atoms with Gasteiger partial charge in [-0.3, -0.25) is 14.2 Å². The van der Waals surface area contributed by atoms with Gasteiger partial charge >= 0.3 is 0 Å². The van der Waals surface area contributed by atoms with Crippen LogP contribution in [0.15, 0.2) is 35.4 Å². The minimum atomic E-state index is -0.864. The molecule has 0 fully saturated rings. The molecule has 0 saturated carbocycles. The summed E-state index contributed by atoms with van der Waals surface area (Å²) in [6.07, 6.45) is 2.80. The fourth-order valence-corrected chi connectivity index (χ4v) is 2.34. The SMILES string of the molecule is CCC(O)(CC)CNC(=O)CCn1cnc2ccccc2c1=O. The van der Waals surface area contributed by atoms with E-state index < -0.39 is 5.60 Å². The van der Waals surface area contributed by atoms with E-state index in [-0.39, 0.29) is 31.0 Å². The lowest BCUT2D eigenvalue weighted by molar-refractivity contribution is -0.122. The maximum Gasteiger partial charge on any atom is 0.261 e. The molecule has 0 aliphatic rings. The van der Waals surface area contributed by atoms with Crippen molar-refractivity contribution in [2.75, 3.05) is 6.54 Å². The van der Waals surface area contributed by atoms with E-state index in [1.54, 1.807) is 18.2 Å². The molecule has 0 spiro atoms. The van der Waals surface area contributed by atoms with Crippen LogP contribution >= 0.6 is 0 Å². The summed E-state index contributed by atoms with van der Waals surface area (Å²) in [6.45, 7) is 4.26. The molecule has 0 radical (unpaired) electrons. The molecule has 0 saturated heterocycles. The normalized spacial score (nSPS) is 11.6. The first-order chi connectivity index (χ1) is 11.0. The molecule has 1 aromatic heterocycles. The zero-order valence-electron chi connectivity index (χ0n) is 13.6. The molecule has 124 valence electrons. The van der Waals surface area contributed by atoms with Crippen LogP contribution < -0.4 is 10.9 Å². The molecular formula is C17H23N3O3. The minimum absolute atomic E-state index is 0.151. The smallest absolute Gasteiger partial charge is 0.261 e. The van der Waals surface area contributed by atoms with Gasteiger partial charge in [-0.2, -0.15) is 0 Å². The molecule has 23 heavy (non-hydrogen) atoms. The molecule has 0 aliphatic carbocycles. The lowest BCUT2D eigenvalue weighted by atomic mass is 9.97. The quantitative estimate of drug-likeness (QED) is 0.809. The summed E-state index contributed by atoms with van der Waals surface area (Å²) in [6, 6.07) is 7.13. The summed E-state index contributed by atoms with van der Waals surface area (Å²) in [7, 11) is 0. The highest BCUT2D eigenvalue weighted by Crippen LogP contribution is 2.12. The van der Waals surface area contributed by atoms with Crippen molar-refractivity contribution in [1.82, 2.24) is 14.9 Å². The predicted molar refractivity (Wildman–Crippen MR) is 89.2 cm³/mol. The van der Waals surface area contributed by atoms with Gasteiger partial charge in [0.1, 0.15) is 0 Å². The zero-order chi connectivity index (χ0) is 16.9. The van der Waals surface area contributed by atoms with E-state index in [2.05, 4.69) is 10.3 Å². The van der Waals surface area contributed by atoms with Crippen molar-refractivity contribution in [1.29, 1.82) is 0 Å². The highest BCUT2D eigenvalue weighted by atomic mass is 16.3. The molecule has 6 nitrogen and oxygen atoms in total. The summed E-state index contributed by atoms with van der Waals surface area (Å²) >= 11 is 0. The summed E-state index contributed by atoms with van der Waals surface area (Å²) in [5.41, 5.74) is -0.368. The molecule has 2 N–H and O–H groups in total. The van der Waals surface area contributed by atoms with Crippen molar-refractivity contribution >= 4 is 16.8 Å². The van der Waals surface area contributed by atoms with Crippen molar-refractivity contribution in [3.05, 3.63) is 40.9 Å². The van der Waals surface area contributed by atoms with Gasteiger partial charge in [-0.05, 0) is 25.0 Å². The maximum absolute atomic E-state index is 12.3. The van der Waals surface area contributed by atoms with Gasteiger partial charge in [0.05, 0.1) is 22.8 Å². The van der Waals surface area contributed by atoms with Crippen LogP contribution in [-0.2, 0) is 11.3 Å². The summed E-state index contributed by atoms with van der Waals surface area (Å²) in [5, 5.41) is 13.4. The number of aliphatic hydroxyl groups is 1. The van der Waals surface area contributed by atoms with Gasteiger partial charge in [0.15, 0.2) is 0 Å². The number of benzene rings is 1. The zero-order valence-corrected chi connectivity index (χ0v) is 13.6. The number of amides is 1. The second kappa shape index (κ2) is 7.37. The van der Waals surface area contributed by atoms with E-state index >= 15 is 0 Å². The van der Waals surface area contributed by atoms with E-state index in [0.717, 1.165) is 0 Å². The van der Waals surface area contributed by atoms with Gasteiger partial charge in [-0.15, -0.1) is 0 Å². The molecule has 2 aromatic rings. The predicted octanol–water partition coefficient (Wildman–Crippen LogP) is 1.45. The van der Waals surface area contributed by atoms with E-state index in [9.17, 15) is 14.7 Å². The van der Waals surface area contributed by atoms with Crippen molar-refractivity contribution < 1.29 is 9.90 Å². The Morgan fingerprint density at radius 3 is 2.70 bits per heavy atom. The number of hydrogen-bond donors (Lipinski definition) is 2. The molecule has 1 aromatic carbocycles. The number of nitrogens with one attached hydrogen (secondary N) is 1. The minimum Gasteiger partial charge on any atom is -0.388 e. The largest absolute Gasteiger partial charge is 0.388 e. The van der Waals surface area contributed by atoms with Crippen LogP contribution in [0.1, 0.15) is 33.1 Å². The van der Waals surface area contributed by atoms with Crippen LogP contribution in [0, 0.1) is 0 Å². The topological polar surface area (TPSA) is 84.2 Å². The number of carbonyl (C=O) groups is 1. The van der Waals surface area contributed by atoms with Crippen molar-refractivity contribution in [3.63, 3.8) is 0 Å². The molecule has 2 rings (SSSR count). The average molecular weight is 317 g/mol. The number of hydrogen-bond acceptors (Lipinski definition) is 4. The molecule has 6 heteroatoms. The van der Waals surface area contributed by atoms with Gasteiger partial charge in [0.2, 0.25) is 5.91 Å². The molecule has 1 heterocycles. The van der Waals surface area contributed by atoms with Crippen LogP contribution in [0.3, 0.4) is 0 Å². The maximum atomic E-state index is 12.3. The standard InChI is InChI=1S/C17H23N3O3/c1-3-17(23,4-2)11-18-15(21)9-10-20-12-19-14-8-6-5-7-13(14)16(20)22/h5-8,12,23H,3-4,9-11H2,1-2H3,(H,18,21). The Hall–Kier alpha value is -2.21. The lowest BCUT2D eigenvalue weighted by Gasteiger charge is -2.25. The molecule has 0 atom stereocenters. The number of carbonyl (C=O) groups excluding carboxylic acids is 1. The lowest BCUT2D eigenvalue weighted by Crippen LogP contribution is -2.42. The second-order valence-corrected chi connectivity index (χ2v) is 5.72. The van der Waals surface area contributed by atoms with Crippen LogP contribution in [0.2, 0.25) is 0 Å². The average Bonchev–Trinajstić information content (AvgIpc) is 2.59. The Morgan fingerprint density at radius 1 is 1.30 bits per heavy atom. The highest BCUT2D eigenvalue weighted by molar-refractivity contribution is 5.77. The Bertz CT molecular complexity index is 735. The number of aromatic nitrogens is 2. The Kier molecular flexibility index (Phi) is 5.50. The summed E-state index contributed by atoms with van der Waals surface area (Å²) < 4.78 is 1.44. The molecule has 0 aliphatic heterocycles. The number of nitrogens with zero attached hydrogens (tertiary/aromatic N) is 2. The second-order valence-electron chi connectivity index (χ2n) is 5.72. The van der Waals surface area contributed by atoms with E-state index in [4.69, 9.17) is 0 Å². The van der Waals surface area contributed by atoms with Crippen LogP contribution in [0.4, 0.5) is 0 Å². The summed E-state index contributed by atoms with van der Waals surface area (Å²) in [5.74, 6) is -0.189. The number of rotatable bonds is 7. The Balaban J connectivity index is 1.97. The summed E-state index contributed by atoms with van der Waals surface area (Å²) in [4.78, 5) is 28.4. The third-order valence-electron chi connectivity index (χ3n) is 4.24. The number of aryl methyl sites for hydroxylation is 1. The Morgan fingerprint density at radius 2 is 2.00 bits per heavy atom. The monoisotopic (exact) mass is 317 g/mol. The highest BCUT2D eigenvalue weighted by Gasteiger charge is 2.22. The first-order valence-corrected chi connectivity index (χ1v) is 7.92. The number of fused-ring (bicyclic) bond motifs is 1.